The van der Waals surface area contributed by atoms with Crippen LogP contribution in [0.15, 0.2) is 18.3 Å². The normalized spacial score (nSPS) is 24.0. The quantitative estimate of drug-likeness (QED) is 0.782. The second-order valence-corrected chi connectivity index (χ2v) is 6.98. The zero-order valence-electron chi connectivity index (χ0n) is 12.9. The van der Waals surface area contributed by atoms with Crippen molar-refractivity contribution in [2.75, 3.05) is 18.0 Å². The summed E-state index contributed by atoms with van der Waals surface area (Å²) in [6.07, 6.45) is 0.974. The van der Waals surface area contributed by atoms with Crippen LogP contribution in [0.5, 0.6) is 0 Å². The first kappa shape index (κ1) is 15.6. The molecule has 1 spiro atoms. The molecular formula is C16H21F3N2O. The lowest BCUT2D eigenvalue weighted by atomic mass is 9.94. The van der Waals surface area contributed by atoms with Gasteiger partial charge in [0.25, 0.3) is 0 Å². The predicted molar refractivity (Wildman–Crippen MR) is 77.8 cm³/mol. The van der Waals surface area contributed by atoms with Gasteiger partial charge in [-0.2, -0.15) is 13.2 Å². The average Bonchev–Trinajstić information content (AvgIpc) is 2.83. The minimum Gasteiger partial charge on any atom is -0.365 e. The van der Waals surface area contributed by atoms with E-state index in [0.717, 1.165) is 31.7 Å². The van der Waals surface area contributed by atoms with Crippen molar-refractivity contribution in [3.05, 3.63) is 23.9 Å². The van der Waals surface area contributed by atoms with E-state index in [1.165, 1.54) is 12.3 Å². The number of hydrogen-bond donors (Lipinski definition) is 0. The molecule has 2 heterocycles. The second kappa shape index (κ2) is 5.11. The second-order valence-electron chi connectivity index (χ2n) is 6.98. The topological polar surface area (TPSA) is 25.4 Å². The highest BCUT2D eigenvalue weighted by molar-refractivity contribution is 5.49. The predicted octanol–water partition coefficient (Wildman–Crippen LogP) is 4.03. The summed E-state index contributed by atoms with van der Waals surface area (Å²) in [6.45, 7) is 4.77. The highest BCUT2D eigenvalue weighted by Crippen LogP contribution is 2.43. The molecule has 1 saturated heterocycles. The first-order chi connectivity index (χ1) is 10.2. The van der Waals surface area contributed by atoms with Crippen LogP contribution in [-0.4, -0.2) is 29.3 Å². The van der Waals surface area contributed by atoms with Crippen LogP contribution >= 0.6 is 0 Å². The molecule has 0 radical (unpaired) electrons. The molecule has 0 atom stereocenters. The van der Waals surface area contributed by atoms with Crippen LogP contribution in [0.3, 0.4) is 0 Å². The van der Waals surface area contributed by atoms with Crippen molar-refractivity contribution in [2.24, 2.45) is 0 Å². The third-order valence-corrected chi connectivity index (χ3v) is 4.45. The number of aromatic nitrogens is 1. The van der Waals surface area contributed by atoms with Gasteiger partial charge >= 0.3 is 6.18 Å². The summed E-state index contributed by atoms with van der Waals surface area (Å²) >= 11 is 0. The largest absolute Gasteiger partial charge is 0.419 e. The van der Waals surface area contributed by atoms with Crippen LogP contribution in [0, 0.1) is 0 Å². The van der Waals surface area contributed by atoms with Crippen molar-refractivity contribution >= 4 is 5.82 Å². The lowest BCUT2D eigenvalue weighted by Gasteiger charge is -2.49. The standard InChI is InChI=1S/C16H21F3N2O/c1-14(2)10-21(11-15(22-14)7-3-4-8-15)13-12(16(17,18)19)6-5-9-20-13/h5-6,9H,3-4,7-8,10-11H2,1-2H3. The summed E-state index contributed by atoms with van der Waals surface area (Å²) < 4.78 is 46.0. The van der Waals surface area contributed by atoms with E-state index in [4.69, 9.17) is 4.74 Å². The fraction of sp³-hybridized carbons (Fsp3) is 0.688. The van der Waals surface area contributed by atoms with E-state index in [-0.39, 0.29) is 11.4 Å². The molecule has 3 nitrogen and oxygen atoms in total. The highest BCUT2D eigenvalue weighted by Gasteiger charge is 2.47. The summed E-state index contributed by atoms with van der Waals surface area (Å²) in [5.41, 5.74) is -1.48. The van der Waals surface area contributed by atoms with Crippen molar-refractivity contribution in [1.82, 2.24) is 4.98 Å². The number of halogens is 3. The van der Waals surface area contributed by atoms with Gasteiger partial charge in [0.1, 0.15) is 5.82 Å². The fourth-order valence-electron chi connectivity index (χ4n) is 3.81. The van der Waals surface area contributed by atoms with Gasteiger partial charge in [0.05, 0.1) is 16.8 Å². The van der Waals surface area contributed by atoms with Crippen LogP contribution in [0.25, 0.3) is 0 Å². The van der Waals surface area contributed by atoms with E-state index in [1.807, 2.05) is 13.8 Å². The Balaban J connectivity index is 1.97. The monoisotopic (exact) mass is 314 g/mol. The molecule has 122 valence electrons. The van der Waals surface area contributed by atoms with E-state index in [0.29, 0.717) is 13.1 Å². The number of anilines is 1. The highest BCUT2D eigenvalue weighted by atomic mass is 19.4. The summed E-state index contributed by atoms with van der Waals surface area (Å²) in [7, 11) is 0. The first-order valence-corrected chi connectivity index (χ1v) is 7.68. The molecular weight excluding hydrogens is 293 g/mol. The van der Waals surface area contributed by atoms with Crippen molar-refractivity contribution in [1.29, 1.82) is 0 Å². The number of nitrogens with zero attached hydrogens (tertiary/aromatic N) is 2. The molecule has 0 amide bonds. The van der Waals surface area contributed by atoms with Gasteiger partial charge in [0.15, 0.2) is 0 Å². The van der Waals surface area contributed by atoms with Crippen molar-refractivity contribution in [2.45, 2.75) is 56.9 Å². The third-order valence-electron chi connectivity index (χ3n) is 4.45. The third kappa shape index (κ3) is 2.93. The van der Waals surface area contributed by atoms with E-state index >= 15 is 0 Å². The summed E-state index contributed by atoms with van der Waals surface area (Å²) in [5.74, 6) is 0.0256. The summed E-state index contributed by atoms with van der Waals surface area (Å²) in [5, 5.41) is 0. The maximum Gasteiger partial charge on any atom is 0.419 e. The Morgan fingerprint density at radius 3 is 2.50 bits per heavy atom. The number of rotatable bonds is 1. The van der Waals surface area contributed by atoms with Crippen molar-refractivity contribution in [3.63, 3.8) is 0 Å². The number of pyridine rings is 1. The Morgan fingerprint density at radius 2 is 1.86 bits per heavy atom. The number of hydrogen-bond acceptors (Lipinski definition) is 3. The Kier molecular flexibility index (Phi) is 3.62. The Labute approximate surface area is 128 Å². The zero-order valence-corrected chi connectivity index (χ0v) is 12.9. The Bertz CT molecular complexity index is 551. The van der Waals surface area contributed by atoms with Gasteiger partial charge in [-0.3, -0.25) is 0 Å². The Morgan fingerprint density at radius 1 is 1.18 bits per heavy atom. The molecule has 2 aliphatic rings. The molecule has 1 aromatic rings. The van der Waals surface area contributed by atoms with Gasteiger partial charge in [-0.05, 0) is 38.8 Å². The van der Waals surface area contributed by atoms with Crippen LogP contribution in [-0.2, 0) is 10.9 Å². The number of ether oxygens (including phenoxy) is 1. The SMILES string of the molecule is CC1(C)CN(c2ncccc2C(F)(F)F)CC2(CCCC2)O1. The molecule has 1 aliphatic carbocycles. The molecule has 6 heteroatoms. The molecule has 1 aliphatic heterocycles. The van der Waals surface area contributed by atoms with Gasteiger partial charge in [-0.25, -0.2) is 4.98 Å². The van der Waals surface area contributed by atoms with E-state index in [9.17, 15) is 13.2 Å². The summed E-state index contributed by atoms with van der Waals surface area (Å²) in [6, 6.07) is 2.44. The molecule has 1 saturated carbocycles. The Hall–Kier alpha value is -1.30. The smallest absolute Gasteiger partial charge is 0.365 e. The fourth-order valence-corrected chi connectivity index (χ4v) is 3.81. The van der Waals surface area contributed by atoms with Gasteiger partial charge in [-0.1, -0.05) is 12.8 Å². The van der Waals surface area contributed by atoms with Gasteiger partial charge in [0.2, 0.25) is 0 Å². The number of morpholine rings is 1. The molecule has 3 rings (SSSR count). The van der Waals surface area contributed by atoms with Crippen LogP contribution in [0.4, 0.5) is 19.0 Å². The van der Waals surface area contributed by atoms with E-state index in [1.54, 1.807) is 4.90 Å². The van der Waals surface area contributed by atoms with Crippen LogP contribution in [0.2, 0.25) is 0 Å². The van der Waals surface area contributed by atoms with Crippen LogP contribution < -0.4 is 4.90 Å². The maximum atomic E-state index is 13.3. The first-order valence-electron chi connectivity index (χ1n) is 7.68. The van der Waals surface area contributed by atoms with Crippen LogP contribution in [0.1, 0.15) is 45.1 Å². The molecule has 2 fully saturated rings. The molecule has 0 bridgehead atoms. The van der Waals surface area contributed by atoms with Crippen molar-refractivity contribution < 1.29 is 17.9 Å². The molecule has 0 unspecified atom stereocenters. The lowest BCUT2D eigenvalue weighted by molar-refractivity contribution is -0.151. The molecule has 22 heavy (non-hydrogen) atoms. The lowest BCUT2D eigenvalue weighted by Crippen LogP contribution is -2.59. The average molecular weight is 314 g/mol. The van der Waals surface area contributed by atoms with Gasteiger partial charge in [0, 0.05) is 19.3 Å². The van der Waals surface area contributed by atoms with E-state index in [2.05, 4.69) is 4.98 Å². The minimum absolute atomic E-state index is 0.0256. The van der Waals surface area contributed by atoms with Gasteiger partial charge < -0.3 is 9.64 Å². The molecule has 0 N–H and O–H groups in total. The van der Waals surface area contributed by atoms with E-state index < -0.39 is 17.3 Å². The molecule has 0 aromatic carbocycles. The van der Waals surface area contributed by atoms with Gasteiger partial charge in [-0.15, -0.1) is 0 Å². The number of alkyl halides is 3. The maximum absolute atomic E-state index is 13.3. The molecule has 1 aromatic heterocycles. The summed E-state index contributed by atoms with van der Waals surface area (Å²) in [4.78, 5) is 5.80. The van der Waals surface area contributed by atoms with Crippen molar-refractivity contribution in [3.8, 4) is 0 Å². The zero-order chi connectivity index (χ0) is 16.0. The minimum atomic E-state index is -4.39.